The van der Waals surface area contributed by atoms with Gasteiger partial charge >= 0.3 is 7.94 Å². The van der Waals surface area contributed by atoms with E-state index in [9.17, 15) is 14.7 Å². The van der Waals surface area contributed by atoms with Gasteiger partial charge in [-0.15, -0.1) is 0 Å². The quantitative estimate of drug-likeness (QED) is 0.183. The second kappa shape index (κ2) is 13.4. The van der Waals surface area contributed by atoms with E-state index in [1.165, 1.54) is 66.1 Å². The van der Waals surface area contributed by atoms with Crippen LogP contribution in [0.3, 0.4) is 0 Å². The zero-order chi connectivity index (χ0) is 41.0. The van der Waals surface area contributed by atoms with Crippen molar-refractivity contribution < 1.29 is 14.7 Å². The van der Waals surface area contributed by atoms with Gasteiger partial charge in [0, 0.05) is 5.41 Å². The van der Waals surface area contributed by atoms with Crippen LogP contribution in [0.2, 0.25) is 0 Å². The molecule has 0 unspecified atom stereocenters. The summed E-state index contributed by atoms with van der Waals surface area (Å²) in [6.45, 7) is 41.9. The lowest BCUT2D eigenvalue weighted by atomic mass is 9.58. The number of benzene rings is 4. The predicted molar refractivity (Wildman–Crippen MR) is 237 cm³/mol. The molecule has 0 spiro atoms. The molecule has 0 bridgehead atoms. The van der Waals surface area contributed by atoms with E-state index in [0.29, 0.717) is 12.8 Å². The third-order valence-electron chi connectivity index (χ3n) is 12.5. The third-order valence-corrected chi connectivity index (χ3v) is 14.0. The molecule has 1 fully saturated rings. The van der Waals surface area contributed by atoms with E-state index in [1.54, 1.807) is 0 Å². The van der Waals surface area contributed by atoms with Crippen molar-refractivity contribution >= 4 is 29.5 Å². The molecule has 0 aromatic heterocycles. The summed E-state index contributed by atoms with van der Waals surface area (Å²) in [5, 5.41) is 5.18. The van der Waals surface area contributed by atoms with E-state index in [2.05, 4.69) is 173 Å². The van der Waals surface area contributed by atoms with Gasteiger partial charge in [0.25, 0.3) is 0 Å². The first kappa shape index (κ1) is 42.8. The molecule has 3 N–H and O–H groups in total. The first-order chi connectivity index (χ1) is 24.2. The van der Waals surface area contributed by atoms with Crippen LogP contribution in [0.25, 0.3) is 21.5 Å². The van der Waals surface area contributed by atoms with Crippen molar-refractivity contribution in [1.29, 1.82) is 0 Å². The number of hydrogen-bond donors (Lipinski definition) is 3. The Hall–Kier alpha value is -2.29. The van der Waals surface area contributed by atoms with Crippen LogP contribution in [0, 0.1) is 0 Å². The van der Waals surface area contributed by atoms with Crippen LogP contribution in [-0.4, -0.2) is 20.3 Å². The monoisotopic (exact) mass is 754 g/mol. The standard InChI is InChI=1S/C50H74O3P/c1-44(2,3)33-23-31-25-40(48(13,14)15)42(29-36(31)38(27-33)46(7,8)9)50(21-19-35(20-22-50)54(51,52)53)43-30-37-32(26-41(43)49(16,17)18)24-34(45(4,5)6)28-39(37)47(10,11)12/h23-30,35,51-53H,19-22H2,1-18H3/q+1. The van der Waals surface area contributed by atoms with Gasteiger partial charge in [-0.05, 0) is 136 Å². The fraction of sp³-hybridized carbons (Fsp3) is 0.600. The molecule has 4 heteroatoms. The highest BCUT2D eigenvalue weighted by Crippen LogP contribution is 2.61. The Kier molecular flexibility index (Phi) is 10.6. The maximum Gasteiger partial charge on any atom is 0.406 e. The Balaban J connectivity index is 2.02. The second-order valence-electron chi connectivity index (χ2n) is 23.2. The molecule has 0 atom stereocenters. The Morgan fingerprint density at radius 2 is 0.741 bits per heavy atom. The van der Waals surface area contributed by atoms with E-state index in [4.69, 9.17) is 0 Å². The molecular formula is C50H74O3P+. The van der Waals surface area contributed by atoms with Gasteiger partial charge in [0.15, 0.2) is 5.66 Å². The summed E-state index contributed by atoms with van der Waals surface area (Å²) in [7, 11) is -4.00. The van der Waals surface area contributed by atoms with Gasteiger partial charge in [-0.25, -0.2) is 0 Å². The molecule has 0 saturated heterocycles. The average Bonchev–Trinajstić information content (AvgIpc) is 2.99. The summed E-state index contributed by atoms with van der Waals surface area (Å²) < 4.78 is 0. The van der Waals surface area contributed by atoms with Crippen molar-refractivity contribution in [3.05, 3.63) is 93.0 Å². The lowest BCUT2D eigenvalue weighted by Crippen LogP contribution is -2.39. The van der Waals surface area contributed by atoms with E-state index in [1.807, 2.05) is 0 Å². The summed E-state index contributed by atoms with van der Waals surface area (Å²) >= 11 is 0. The van der Waals surface area contributed by atoms with Gasteiger partial charge in [0.2, 0.25) is 0 Å². The van der Waals surface area contributed by atoms with Crippen LogP contribution in [0.4, 0.5) is 0 Å². The molecule has 3 nitrogen and oxygen atoms in total. The fourth-order valence-corrected chi connectivity index (χ4v) is 10.0. The maximum atomic E-state index is 10.7. The molecule has 54 heavy (non-hydrogen) atoms. The lowest BCUT2D eigenvalue weighted by molar-refractivity contribution is 0.268. The average molecular weight is 754 g/mol. The Morgan fingerprint density at radius 1 is 0.426 bits per heavy atom. The minimum absolute atomic E-state index is 0.00712. The first-order valence-corrected chi connectivity index (χ1v) is 22.2. The largest absolute Gasteiger partial charge is 0.406 e. The summed E-state index contributed by atoms with van der Waals surface area (Å²) in [5.41, 5.74) is 9.42. The molecule has 296 valence electrons. The highest BCUT2D eigenvalue weighted by atomic mass is 31.2. The van der Waals surface area contributed by atoms with Gasteiger partial charge in [-0.1, -0.05) is 161 Å². The Labute approximate surface area is 330 Å². The van der Waals surface area contributed by atoms with Gasteiger partial charge in [-0.3, -0.25) is 0 Å². The van der Waals surface area contributed by atoms with Gasteiger partial charge in [0.05, 0.1) is 0 Å². The molecule has 0 heterocycles. The van der Waals surface area contributed by atoms with Crippen LogP contribution in [0.5, 0.6) is 0 Å². The van der Waals surface area contributed by atoms with Crippen LogP contribution in [-0.2, 0) is 37.9 Å². The van der Waals surface area contributed by atoms with Crippen molar-refractivity contribution in [1.82, 2.24) is 0 Å². The van der Waals surface area contributed by atoms with Gasteiger partial charge in [0.1, 0.15) is 0 Å². The molecule has 1 saturated carbocycles. The van der Waals surface area contributed by atoms with E-state index in [0.717, 1.165) is 12.8 Å². The fourth-order valence-electron chi connectivity index (χ4n) is 9.09. The summed E-state index contributed by atoms with van der Waals surface area (Å²) in [5.74, 6) is 0. The lowest BCUT2D eigenvalue weighted by Gasteiger charge is -2.46. The second-order valence-corrected chi connectivity index (χ2v) is 25.2. The molecule has 1 aliphatic carbocycles. The molecule has 5 rings (SSSR count). The molecule has 1 aliphatic rings. The SMILES string of the molecule is CC(C)(C)c1cc(C(C)(C)C)c2cc(C3(c4cc5c(C(C)(C)C)cc(C(C)(C)C)cc5cc4C(C)(C)C)CCC([P+](O)(O)O)CC3)c(C(C)(C)C)cc2c1. The van der Waals surface area contributed by atoms with Crippen LogP contribution in [0.15, 0.2) is 48.5 Å². The normalized spacial score (nSPS) is 17.1. The minimum Gasteiger partial charge on any atom is -0.193 e. The molecule has 0 radical (unpaired) electrons. The van der Waals surface area contributed by atoms with Crippen molar-refractivity contribution in [2.75, 3.05) is 0 Å². The van der Waals surface area contributed by atoms with Crippen LogP contribution >= 0.6 is 7.94 Å². The molecule has 0 amide bonds. The van der Waals surface area contributed by atoms with E-state index >= 15 is 0 Å². The summed E-state index contributed by atoms with van der Waals surface area (Å²) in [6.07, 6.45) is 2.54. The topological polar surface area (TPSA) is 60.7 Å². The minimum atomic E-state index is -4.00. The summed E-state index contributed by atoms with van der Waals surface area (Å²) in [4.78, 5) is 32.0. The highest BCUT2D eigenvalue weighted by molar-refractivity contribution is 7.59. The van der Waals surface area contributed by atoms with Crippen molar-refractivity contribution in [2.24, 2.45) is 0 Å². The molecule has 0 aliphatic heterocycles. The van der Waals surface area contributed by atoms with Crippen molar-refractivity contribution in [3.8, 4) is 0 Å². The highest BCUT2D eigenvalue weighted by Gasteiger charge is 2.51. The van der Waals surface area contributed by atoms with Crippen LogP contribution < -0.4 is 0 Å². The number of fused-ring (bicyclic) bond motifs is 2. The zero-order valence-electron chi connectivity index (χ0n) is 37.3. The van der Waals surface area contributed by atoms with Gasteiger partial charge < -0.3 is 0 Å². The Morgan fingerprint density at radius 3 is 1.00 bits per heavy atom. The molecule has 4 aromatic rings. The van der Waals surface area contributed by atoms with Crippen molar-refractivity contribution in [2.45, 2.75) is 194 Å². The smallest absolute Gasteiger partial charge is 0.193 e. The van der Waals surface area contributed by atoms with Crippen molar-refractivity contribution in [3.63, 3.8) is 0 Å². The predicted octanol–water partition coefficient (Wildman–Crippen LogP) is 13.7. The number of hydrogen-bond acceptors (Lipinski definition) is 3. The Bertz CT molecular complexity index is 1910. The molecule has 4 aromatic carbocycles. The van der Waals surface area contributed by atoms with Gasteiger partial charge in [-0.2, -0.15) is 14.7 Å². The zero-order valence-corrected chi connectivity index (χ0v) is 38.2. The third kappa shape index (κ3) is 8.23. The van der Waals surface area contributed by atoms with E-state index < -0.39 is 19.0 Å². The number of rotatable bonds is 3. The maximum absolute atomic E-state index is 10.7. The first-order valence-electron chi connectivity index (χ1n) is 20.5. The van der Waals surface area contributed by atoms with Crippen LogP contribution in [0.1, 0.15) is 195 Å². The van der Waals surface area contributed by atoms with E-state index in [-0.39, 0.29) is 32.5 Å². The molecular weight excluding hydrogens is 680 g/mol. The summed E-state index contributed by atoms with van der Waals surface area (Å²) in [6, 6.07) is 19.8.